The molecule has 102 valence electrons. The number of thioether (sulfide) groups is 1. The first-order chi connectivity index (χ1) is 8.26. The zero-order valence-electron chi connectivity index (χ0n) is 11.2. The fraction of sp³-hybridized carbons (Fsp3) is 1.00. The van der Waals surface area contributed by atoms with E-state index in [9.17, 15) is 5.11 Å². The van der Waals surface area contributed by atoms with E-state index in [1.54, 1.807) is 0 Å². The second-order valence-corrected chi connectivity index (χ2v) is 6.01. The number of aliphatic hydroxyl groups excluding tert-OH is 1. The van der Waals surface area contributed by atoms with E-state index in [2.05, 4.69) is 12.2 Å². The highest BCUT2D eigenvalue weighted by molar-refractivity contribution is 7.99. The van der Waals surface area contributed by atoms with E-state index in [4.69, 9.17) is 4.74 Å². The molecule has 17 heavy (non-hydrogen) atoms. The molecule has 0 bridgehead atoms. The largest absolute Gasteiger partial charge is 0.394 e. The number of nitrogens with one attached hydrogen (secondary N) is 1. The molecule has 1 fully saturated rings. The van der Waals surface area contributed by atoms with Crippen molar-refractivity contribution >= 4 is 11.8 Å². The van der Waals surface area contributed by atoms with Gasteiger partial charge in [0.25, 0.3) is 0 Å². The number of hydrogen-bond acceptors (Lipinski definition) is 4. The third kappa shape index (κ3) is 5.16. The molecule has 1 heterocycles. The van der Waals surface area contributed by atoms with Crippen molar-refractivity contribution < 1.29 is 9.84 Å². The van der Waals surface area contributed by atoms with E-state index < -0.39 is 0 Å². The molecule has 2 atom stereocenters. The maximum Gasteiger partial charge on any atom is 0.0666 e. The van der Waals surface area contributed by atoms with Crippen LogP contribution in [-0.4, -0.2) is 48.5 Å². The smallest absolute Gasteiger partial charge is 0.0666 e. The predicted octanol–water partition coefficient (Wildman–Crippen LogP) is 2.04. The molecule has 0 radical (unpaired) electrons. The van der Waals surface area contributed by atoms with E-state index in [-0.39, 0.29) is 12.1 Å². The molecule has 0 aromatic rings. The van der Waals surface area contributed by atoms with Crippen LogP contribution in [-0.2, 0) is 4.74 Å². The van der Waals surface area contributed by atoms with Crippen molar-refractivity contribution in [2.45, 2.75) is 50.7 Å². The molecule has 0 amide bonds. The Morgan fingerprint density at radius 2 is 2.35 bits per heavy atom. The topological polar surface area (TPSA) is 41.5 Å². The summed E-state index contributed by atoms with van der Waals surface area (Å²) >= 11 is 1.99. The molecule has 1 aliphatic heterocycles. The molecule has 0 aromatic carbocycles. The Morgan fingerprint density at radius 1 is 1.53 bits per heavy atom. The summed E-state index contributed by atoms with van der Waals surface area (Å²) in [4.78, 5) is 0. The Kier molecular flexibility index (Phi) is 7.51. The van der Waals surface area contributed by atoms with Gasteiger partial charge in [-0.1, -0.05) is 6.92 Å². The second-order valence-electron chi connectivity index (χ2n) is 4.86. The highest BCUT2D eigenvalue weighted by Gasteiger charge is 2.24. The lowest BCUT2D eigenvalue weighted by molar-refractivity contribution is 0.129. The van der Waals surface area contributed by atoms with Gasteiger partial charge in [0.15, 0.2) is 0 Å². The van der Waals surface area contributed by atoms with Gasteiger partial charge in [0.2, 0.25) is 0 Å². The number of likely N-dealkylation sites (N-methyl/N-ethyl adjacent to an activating group) is 1. The van der Waals surface area contributed by atoms with Crippen LogP contribution in [0.25, 0.3) is 0 Å². The summed E-state index contributed by atoms with van der Waals surface area (Å²) in [6.45, 7) is 3.32. The summed E-state index contributed by atoms with van der Waals surface area (Å²) in [6.07, 6.45) is 6.16. The van der Waals surface area contributed by atoms with Gasteiger partial charge >= 0.3 is 0 Å². The highest BCUT2D eigenvalue weighted by atomic mass is 32.2. The van der Waals surface area contributed by atoms with Crippen molar-refractivity contribution in [2.24, 2.45) is 0 Å². The molecule has 3 nitrogen and oxygen atoms in total. The molecule has 2 N–H and O–H groups in total. The van der Waals surface area contributed by atoms with Crippen molar-refractivity contribution in [1.29, 1.82) is 0 Å². The highest BCUT2D eigenvalue weighted by Crippen LogP contribution is 2.21. The number of hydrogen-bond donors (Lipinski definition) is 2. The standard InChI is InChI=1S/C13H27NO2S/c1-3-13(11-15,14-2)7-5-9-17-10-12-6-4-8-16-12/h12,14-15H,3-11H2,1-2H3. The summed E-state index contributed by atoms with van der Waals surface area (Å²) < 4.78 is 5.59. The molecule has 0 aliphatic carbocycles. The monoisotopic (exact) mass is 261 g/mol. The lowest BCUT2D eigenvalue weighted by atomic mass is 9.92. The fourth-order valence-electron chi connectivity index (χ4n) is 2.25. The van der Waals surface area contributed by atoms with E-state index in [0.29, 0.717) is 6.10 Å². The van der Waals surface area contributed by atoms with Crippen LogP contribution in [0.5, 0.6) is 0 Å². The van der Waals surface area contributed by atoms with Gasteiger partial charge in [0.1, 0.15) is 0 Å². The van der Waals surface area contributed by atoms with Gasteiger partial charge in [-0.05, 0) is 44.9 Å². The minimum atomic E-state index is -0.0651. The number of ether oxygens (including phenoxy) is 1. The van der Waals surface area contributed by atoms with E-state index >= 15 is 0 Å². The SMILES string of the molecule is CCC(CO)(CCCSCC1CCCO1)NC. The van der Waals surface area contributed by atoms with Crippen LogP contribution in [0.15, 0.2) is 0 Å². The third-order valence-electron chi connectivity index (χ3n) is 3.78. The molecule has 2 unspecified atom stereocenters. The van der Waals surface area contributed by atoms with Crippen molar-refractivity contribution in [3.05, 3.63) is 0 Å². The summed E-state index contributed by atoms with van der Waals surface area (Å²) in [5.41, 5.74) is -0.0651. The Balaban J connectivity index is 2.05. The molecule has 1 saturated heterocycles. The summed E-state index contributed by atoms with van der Waals surface area (Å²) in [7, 11) is 1.94. The van der Waals surface area contributed by atoms with Crippen LogP contribution < -0.4 is 5.32 Å². The van der Waals surface area contributed by atoms with Crippen LogP contribution >= 0.6 is 11.8 Å². The van der Waals surface area contributed by atoms with Crippen LogP contribution in [0.4, 0.5) is 0 Å². The molecule has 0 aromatic heterocycles. The van der Waals surface area contributed by atoms with Crippen LogP contribution in [0.1, 0.15) is 39.0 Å². The zero-order valence-corrected chi connectivity index (χ0v) is 12.0. The lowest BCUT2D eigenvalue weighted by Crippen LogP contribution is -2.45. The molecule has 1 aliphatic rings. The normalized spacial score (nSPS) is 23.8. The van der Waals surface area contributed by atoms with Crippen molar-refractivity contribution in [3.63, 3.8) is 0 Å². The van der Waals surface area contributed by atoms with Gasteiger partial charge in [-0.3, -0.25) is 0 Å². The third-order valence-corrected chi connectivity index (χ3v) is 4.97. The van der Waals surface area contributed by atoms with Crippen LogP contribution in [0.3, 0.4) is 0 Å². The Bertz CT molecular complexity index is 184. The second kappa shape index (κ2) is 8.35. The first-order valence-corrected chi connectivity index (χ1v) is 7.91. The Labute approximate surface area is 110 Å². The first-order valence-electron chi connectivity index (χ1n) is 6.75. The minimum Gasteiger partial charge on any atom is -0.394 e. The van der Waals surface area contributed by atoms with Gasteiger partial charge in [-0.15, -0.1) is 0 Å². The predicted molar refractivity (Wildman–Crippen MR) is 74.7 cm³/mol. The van der Waals surface area contributed by atoms with Crippen LogP contribution in [0, 0.1) is 0 Å². The summed E-state index contributed by atoms with van der Waals surface area (Å²) in [6, 6.07) is 0. The quantitative estimate of drug-likeness (QED) is 0.623. The van der Waals surface area contributed by atoms with Crippen molar-refractivity contribution in [3.8, 4) is 0 Å². The molecular weight excluding hydrogens is 234 g/mol. The maximum atomic E-state index is 9.42. The summed E-state index contributed by atoms with van der Waals surface area (Å²) in [5.74, 6) is 2.31. The zero-order chi connectivity index (χ0) is 12.6. The van der Waals surface area contributed by atoms with Gasteiger partial charge in [0, 0.05) is 17.9 Å². The average Bonchev–Trinajstić information content (AvgIpc) is 2.88. The Hall–Kier alpha value is 0.230. The summed E-state index contributed by atoms with van der Waals surface area (Å²) in [5, 5.41) is 12.7. The van der Waals surface area contributed by atoms with E-state index in [0.717, 1.165) is 31.6 Å². The van der Waals surface area contributed by atoms with Gasteiger partial charge < -0.3 is 15.2 Å². The Morgan fingerprint density at radius 3 is 2.88 bits per heavy atom. The molecule has 1 rings (SSSR count). The van der Waals surface area contributed by atoms with E-state index in [1.807, 2.05) is 18.8 Å². The number of rotatable bonds is 9. The van der Waals surface area contributed by atoms with Gasteiger partial charge in [-0.2, -0.15) is 11.8 Å². The number of aliphatic hydroxyl groups is 1. The van der Waals surface area contributed by atoms with Gasteiger partial charge in [-0.25, -0.2) is 0 Å². The van der Waals surface area contributed by atoms with E-state index in [1.165, 1.54) is 18.6 Å². The molecule has 0 saturated carbocycles. The van der Waals surface area contributed by atoms with Crippen molar-refractivity contribution in [2.75, 3.05) is 31.8 Å². The lowest BCUT2D eigenvalue weighted by Gasteiger charge is -2.30. The molecule has 0 spiro atoms. The molecular formula is C13H27NO2S. The van der Waals surface area contributed by atoms with Gasteiger partial charge in [0.05, 0.1) is 12.7 Å². The minimum absolute atomic E-state index is 0.0651. The maximum absolute atomic E-state index is 9.42. The van der Waals surface area contributed by atoms with Crippen molar-refractivity contribution in [1.82, 2.24) is 5.32 Å². The van der Waals surface area contributed by atoms with Crippen LogP contribution in [0.2, 0.25) is 0 Å². The fourth-order valence-corrected chi connectivity index (χ4v) is 3.29. The average molecular weight is 261 g/mol. The first kappa shape index (κ1) is 15.3. The molecule has 4 heteroatoms.